The highest BCUT2D eigenvalue weighted by Gasteiger charge is 1.99. The fourth-order valence-corrected chi connectivity index (χ4v) is 2.69. The van der Waals surface area contributed by atoms with Gasteiger partial charge in [0.25, 0.3) is 0 Å². The first-order valence-corrected chi connectivity index (χ1v) is 8.96. The van der Waals surface area contributed by atoms with Crippen molar-refractivity contribution in [1.29, 1.82) is 0 Å². The van der Waals surface area contributed by atoms with Crippen LogP contribution in [0.25, 0.3) is 0 Å². The number of aryl methyl sites for hydroxylation is 1. The van der Waals surface area contributed by atoms with Crippen molar-refractivity contribution in [2.24, 2.45) is 0 Å². The molecular weight excluding hydrogens is 322 g/mol. The van der Waals surface area contributed by atoms with E-state index < -0.39 is 0 Å². The van der Waals surface area contributed by atoms with Crippen LogP contribution in [0.5, 0.6) is 11.5 Å². The van der Waals surface area contributed by atoms with Crippen molar-refractivity contribution in [3.63, 3.8) is 0 Å². The first kappa shape index (κ1) is 18.0. The second kappa shape index (κ2) is 9.64. The van der Waals surface area contributed by atoms with Gasteiger partial charge in [0, 0.05) is 13.1 Å². The van der Waals surface area contributed by atoms with E-state index in [2.05, 4.69) is 48.6 Å². The Morgan fingerprint density at radius 3 is 1.96 bits per heavy atom. The maximum absolute atomic E-state index is 5.73. The fourth-order valence-electron chi connectivity index (χ4n) is 2.69. The predicted molar refractivity (Wildman–Crippen MR) is 106 cm³/mol. The van der Waals surface area contributed by atoms with E-state index in [0.29, 0.717) is 13.2 Å². The van der Waals surface area contributed by atoms with Gasteiger partial charge in [0.1, 0.15) is 24.7 Å². The summed E-state index contributed by atoms with van der Waals surface area (Å²) < 4.78 is 11.3. The van der Waals surface area contributed by atoms with Gasteiger partial charge in [-0.15, -0.1) is 0 Å². The Balaban J connectivity index is 1.37. The van der Waals surface area contributed by atoms with Crippen LogP contribution in [0, 0.1) is 6.92 Å². The van der Waals surface area contributed by atoms with E-state index in [-0.39, 0.29) is 0 Å². The summed E-state index contributed by atoms with van der Waals surface area (Å²) in [5.41, 5.74) is 3.90. The minimum Gasteiger partial charge on any atom is -0.490 e. The standard InChI is InChI=1S/C23H25NO2/c1-19-7-5-6-8-21(19)18-24-17-20-11-13-23(14-12-20)26-16-15-25-22-9-3-2-4-10-22/h2-14,24H,15-18H2,1H3. The van der Waals surface area contributed by atoms with Gasteiger partial charge in [-0.2, -0.15) is 0 Å². The summed E-state index contributed by atoms with van der Waals surface area (Å²) in [7, 11) is 0. The van der Waals surface area contributed by atoms with Crippen molar-refractivity contribution in [3.05, 3.63) is 95.6 Å². The van der Waals surface area contributed by atoms with E-state index in [0.717, 1.165) is 24.6 Å². The summed E-state index contributed by atoms with van der Waals surface area (Å²) in [5, 5.41) is 3.49. The molecule has 0 radical (unpaired) electrons. The molecule has 0 amide bonds. The van der Waals surface area contributed by atoms with Gasteiger partial charge in [0.15, 0.2) is 0 Å². The molecule has 26 heavy (non-hydrogen) atoms. The molecule has 3 heteroatoms. The molecule has 0 spiro atoms. The second-order valence-electron chi connectivity index (χ2n) is 6.18. The maximum atomic E-state index is 5.73. The molecule has 0 saturated carbocycles. The van der Waals surface area contributed by atoms with E-state index in [1.165, 1.54) is 16.7 Å². The number of hydrogen-bond acceptors (Lipinski definition) is 3. The van der Waals surface area contributed by atoms with Crippen molar-refractivity contribution < 1.29 is 9.47 Å². The summed E-state index contributed by atoms with van der Waals surface area (Å²) in [5.74, 6) is 1.73. The minimum atomic E-state index is 0.528. The fraction of sp³-hybridized carbons (Fsp3) is 0.217. The average Bonchev–Trinajstić information content (AvgIpc) is 2.69. The molecule has 0 heterocycles. The third kappa shape index (κ3) is 5.64. The van der Waals surface area contributed by atoms with Gasteiger partial charge in [-0.25, -0.2) is 0 Å². The van der Waals surface area contributed by atoms with Crippen molar-refractivity contribution in [2.45, 2.75) is 20.0 Å². The van der Waals surface area contributed by atoms with Crippen LogP contribution in [-0.2, 0) is 13.1 Å². The van der Waals surface area contributed by atoms with E-state index in [4.69, 9.17) is 9.47 Å². The topological polar surface area (TPSA) is 30.5 Å². The van der Waals surface area contributed by atoms with Crippen molar-refractivity contribution in [3.8, 4) is 11.5 Å². The largest absolute Gasteiger partial charge is 0.490 e. The Labute approximate surface area is 155 Å². The Hall–Kier alpha value is -2.78. The summed E-state index contributed by atoms with van der Waals surface area (Å²) in [6.45, 7) is 4.92. The van der Waals surface area contributed by atoms with Gasteiger partial charge in [-0.1, -0.05) is 54.6 Å². The lowest BCUT2D eigenvalue weighted by Crippen LogP contribution is -2.13. The molecule has 0 fully saturated rings. The lowest BCUT2D eigenvalue weighted by atomic mass is 10.1. The van der Waals surface area contributed by atoms with Gasteiger partial charge in [0.05, 0.1) is 0 Å². The number of benzene rings is 3. The van der Waals surface area contributed by atoms with E-state index in [9.17, 15) is 0 Å². The van der Waals surface area contributed by atoms with Crippen LogP contribution in [0.1, 0.15) is 16.7 Å². The summed E-state index contributed by atoms with van der Waals surface area (Å²) in [4.78, 5) is 0. The Morgan fingerprint density at radius 2 is 1.27 bits per heavy atom. The number of hydrogen-bond donors (Lipinski definition) is 1. The molecule has 0 aliphatic rings. The first-order chi connectivity index (χ1) is 12.8. The van der Waals surface area contributed by atoms with Gasteiger partial charge >= 0.3 is 0 Å². The molecule has 0 atom stereocenters. The third-order valence-corrected chi connectivity index (χ3v) is 4.19. The minimum absolute atomic E-state index is 0.528. The van der Waals surface area contributed by atoms with Crippen molar-refractivity contribution in [2.75, 3.05) is 13.2 Å². The summed E-state index contributed by atoms with van der Waals surface area (Å²) >= 11 is 0. The van der Waals surface area contributed by atoms with E-state index >= 15 is 0 Å². The number of ether oxygens (including phenoxy) is 2. The molecule has 3 aromatic carbocycles. The molecule has 3 nitrogen and oxygen atoms in total. The molecule has 3 rings (SSSR count). The average molecular weight is 347 g/mol. The van der Waals surface area contributed by atoms with Gasteiger partial charge < -0.3 is 14.8 Å². The number of para-hydroxylation sites is 1. The lowest BCUT2D eigenvalue weighted by molar-refractivity contribution is 0.217. The van der Waals surface area contributed by atoms with Crippen molar-refractivity contribution in [1.82, 2.24) is 5.32 Å². The highest BCUT2D eigenvalue weighted by atomic mass is 16.5. The van der Waals surface area contributed by atoms with Crippen LogP contribution >= 0.6 is 0 Å². The zero-order valence-corrected chi connectivity index (χ0v) is 15.2. The Morgan fingerprint density at radius 1 is 0.654 bits per heavy atom. The molecule has 0 aliphatic carbocycles. The van der Waals surface area contributed by atoms with Crippen LogP contribution in [0.15, 0.2) is 78.9 Å². The van der Waals surface area contributed by atoms with Crippen LogP contribution in [0.4, 0.5) is 0 Å². The molecule has 0 aliphatic heterocycles. The molecule has 0 bridgehead atoms. The normalized spacial score (nSPS) is 10.5. The van der Waals surface area contributed by atoms with E-state index in [1.807, 2.05) is 42.5 Å². The van der Waals surface area contributed by atoms with Gasteiger partial charge in [-0.3, -0.25) is 0 Å². The molecule has 134 valence electrons. The van der Waals surface area contributed by atoms with Crippen molar-refractivity contribution >= 4 is 0 Å². The predicted octanol–water partition coefficient (Wildman–Crippen LogP) is 4.74. The quantitative estimate of drug-likeness (QED) is 0.567. The van der Waals surface area contributed by atoms with Crippen LogP contribution in [-0.4, -0.2) is 13.2 Å². The monoisotopic (exact) mass is 347 g/mol. The number of rotatable bonds is 9. The molecule has 0 aromatic heterocycles. The second-order valence-corrected chi connectivity index (χ2v) is 6.18. The van der Waals surface area contributed by atoms with Gasteiger partial charge in [0.2, 0.25) is 0 Å². The highest BCUT2D eigenvalue weighted by Crippen LogP contribution is 2.13. The van der Waals surface area contributed by atoms with E-state index in [1.54, 1.807) is 0 Å². The van der Waals surface area contributed by atoms with Crippen LogP contribution in [0.2, 0.25) is 0 Å². The lowest BCUT2D eigenvalue weighted by Gasteiger charge is -2.10. The molecule has 1 N–H and O–H groups in total. The maximum Gasteiger partial charge on any atom is 0.122 e. The summed E-state index contributed by atoms with van der Waals surface area (Å²) in [6, 6.07) is 26.4. The first-order valence-electron chi connectivity index (χ1n) is 8.96. The molecule has 3 aromatic rings. The number of nitrogens with one attached hydrogen (secondary N) is 1. The zero-order chi connectivity index (χ0) is 18.0. The van der Waals surface area contributed by atoms with Crippen LogP contribution < -0.4 is 14.8 Å². The highest BCUT2D eigenvalue weighted by molar-refractivity contribution is 5.28. The zero-order valence-electron chi connectivity index (χ0n) is 15.2. The SMILES string of the molecule is Cc1ccccc1CNCc1ccc(OCCOc2ccccc2)cc1. The Bertz CT molecular complexity index is 785. The molecular formula is C23H25NO2. The molecule has 0 unspecified atom stereocenters. The Kier molecular flexibility index (Phi) is 6.68. The molecule has 0 saturated heterocycles. The third-order valence-electron chi connectivity index (χ3n) is 4.19. The van der Waals surface area contributed by atoms with Gasteiger partial charge in [-0.05, 0) is 47.9 Å². The van der Waals surface area contributed by atoms with Crippen LogP contribution in [0.3, 0.4) is 0 Å². The smallest absolute Gasteiger partial charge is 0.122 e. The summed E-state index contributed by atoms with van der Waals surface area (Å²) in [6.07, 6.45) is 0.